The van der Waals surface area contributed by atoms with E-state index >= 15 is 0 Å². The Labute approximate surface area is 120 Å². The third-order valence-corrected chi connectivity index (χ3v) is 3.81. The highest BCUT2D eigenvalue weighted by molar-refractivity contribution is 7.86. The zero-order chi connectivity index (χ0) is 15.0. The maximum atomic E-state index is 11.9. The highest BCUT2D eigenvalue weighted by Crippen LogP contribution is 2.26. The molecule has 7 heteroatoms. The van der Waals surface area contributed by atoms with Crippen LogP contribution in [0.2, 0.25) is 0 Å². The Balaban J connectivity index is 2.80. The quantitative estimate of drug-likeness (QED) is 0.542. The van der Waals surface area contributed by atoms with Crippen molar-refractivity contribution in [3.05, 3.63) is 23.8 Å². The van der Waals surface area contributed by atoms with Crippen LogP contribution < -0.4 is 10.5 Å². The van der Waals surface area contributed by atoms with Crippen LogP contribution in [0.5, 0.6) is 5.75 Å². The monoisotopic (exact) mass is 303 g/mol. The van der Waals surface area contributed by atoms with Gasteiger partial charge in [0.15, 0.2) is 0 Å². The molecule has 0 unspecified atom stereocenters. The lowest BCUT2D eigenvalue weighted by Gasteiger charge is -2.12. The van der Waals surface area contributed by atoms with E-state index in [2.05, 4.69) is 0 Å². The van der Waals surface area contributed by atoms with Gasteiger partial charge < -0.3 is 15.2 Å². The van der Waals surface area contributed by atoms with Crippen LogP contribution in [-0.4, -0.2) is 41.4 Å². The Morgan fingerprint density at radius 1 is 1.20 bits per heavy atom. The third-order valence-electron chi connectivity index (χ3n) is 2.39. The Morgan fingerprint density at radius 2 is 1.95 bits per heavy atom. The van der Waals surface area contributed by atoms with E-state index in [1.165, 1.54) is 6.07 Å². The van der Waals surface area contributed by atoms with Gasteiger partial charge in [0.2, 0.25) is 0 Å². The summed E-state index contributed by atoms with van der Waals surface area (Å²) in [6, 6.07) is 4.84. The molecule has 0 radical (unpaired) electrons. The predicted octanol–water partition coefficient (Wildman–Crippen LogP) is 1.07. The molecule has 1 aromatic carbocycles. The molecule has 6 nitrogen and oxygen atoms in total. The number of hydrogen-bond donors (Lipinski definition) is 1. The minimum Gasteiger partial charge on any atom is -0.490 e. The largest absolute Gasteiger partial charge is 0.490 e. The van der Waals surface area contributed by atoms with Crippen LogP contribution in [-0.2, 0) is 19.0 Å². The molecule has 0 bridgehead atoms. The molecule has 114 valence electrons. The number of rotatable bonds is 9. The summed E-state index contributed by atoms with van der Waals surface area (Å²) < 4.78 is 39.3. The first-order valence-electron chi connectivity index (χ1n) is 6.42. The molecule has 20 heavy (non-hydrogen) atoms. The van der Waals surface area contributed by atoms with Gasteiger partial charge in [-0.3, -0.25) is 4.18 Å². The highest BCUT2D eigenvalue weighted by Gasteiger charge is 2.20. The molecular formula is C13H21NO5S. The molecule has 0 aliphatic rings. The average Bonchev–Trinajstić information content (AvgIpc) is 2.38. The summed E-state index contributed by atoms with van der Waals surface area (Å²) in [6.07, 6.45) is 0. The van der Waals surface area contributed by atoms with Crippen molar-refractivity contribution < 1.29 is 22.1 Å². The van der Waals surface area contributed by atoms with Crippen molar-refractivity contribution in [1.82, 2.24) is 0 Å². The van der Waals surface area contributed by atoms with Crippen molar-refractivity contribution in [2.45, 2.75) is 18.7 Å². The molecule has 1 rings (SSSR count). The van der Waals surface area contributed by atoms with Gasteiger partial charge in [-0.25, -0.2) is 0 Å². The van der Waals surface area contributed by atoms with E-state index in [4.69, 9.17) is 19.4 Å². The summed E-state index contributed by atoms with van der Waals surface area (Å²) >= 11 is 0. The summed E-state index contributed by atoms with van der Waals surface area (Å²) in [6.45, 7) is 5.03. The summed E-state index contributed by atoms with van der Waals surface area (Å²) in [5.74, 6) is 0.273. The number of nitrogens with two attached hydrogens (primary N) is 1. The molecule has 2 N–H and O–H groups in total. The van der Waals surface area contributed by atoms with Gasteiger partial charge in [0.25, 0.3) is 0 Å². The molecule has 0 atom stereocenters. The van der Waals surface area contributed by atoms with E-state index < -0.39 is 10.1 Å². The number of ether oxygens (including phenoxy) is 2. The predicted molar refractivity (Wildman–Crippen MR) is 75.4 cm³/mol. The van der Waals surface area contributed by atoms with Crippen molar-refractivity contribution in [1.29, 1.82) is 0 Å². The van der Waals surface area contributed by atoms with Crippen LogP contribution in [0.4, 0.5) is 0 Å². The normalized spacial score (nSPS) is 11.6. The van der Waals surface area contributed by atoms with Crippen LogP contribution in [0.1, 0.15) is 12.5 Å². The molecule has 0 aliphatic carbocycles. The maximum Gasteiger partial charge on any atom is 0.300 e. The summed E-state index contributed by atoms with van der Waals surface area (Å²) in [7, 11) is -3.79. The minimum atomic E-state index is -3.79. The molecule has 1 aromatic rings. The summed E-state index contributed by atoms with van der Waals surface area (Å²) in [5, 5.41) is 0. The van der Waals surface area contributed by atoms with Crippen molar-refractivity contribution in [3.8, 4) is 5.75 Å². The minimum absolute atomic E-state index is 0.0313. The summed E-state index contributed by atoms with van der Waals surface area (Å²) in [4.78, 5) is 0.0313. The van der Waals surface area contributed by atoms with E-state index in [0.29, 0.717) is 19.8 Å². The second-order valence-corrected chi connectivity index (χ2v) is 5.64. The van der Waals surface area contributed by atoms with E-state index in [1.54, 1.807) is 19.1 Å². The van der Waals surface area contributed by atoms with Gasteiger partial charge in [0, 0.05) is 6.54 Å². The number of hydrogen-bond acceptors (Lipinski definition) is 6. The Kier molecular flexibility index (Phi) is 6.94. The fourth-order valence-corrected chi connectivity index (χ4v) is 2.59. The Morgan fingerprint density at radius 3 is 2.60 bits per heavy atom. The second-order valence-electron chi connectivity index (χ2n) is 4.06. The fraction of sp³-hybridized carbons (Fsp3) is 0.538. The lowest BCUT2D eigenvalue weighted by molar-refractivity contribution is 0.104. The molecule has 0 saturated carbocycles. The topological polar surface area (TPSA) is 87.9 Å². The molecule has 0 heterocycles. The van der Waals surface area contributed by atoms with E-state index in [9.17, 15) is 8.42 Å². The van der Waals surface area contributed by atoms with Crippen molar-refractivity contribution in [2.75, 3.05) is 33.0 Å². The van der Waals surface area contributed by atoms with Crippen LogP contribution in [0, 0.1) is 6.92 Å². The molecule has 0 aromatic heterocycles. The van der Waals surface area contributed by atoms with Gasteiger partial charge in [-0.1, -0.05) is 6.07 Å². The van der Waals surface area contributed by atoms with Crippen LogP contribution in [0.15, 0.2) is 23.1 Å². The van der Waals surface area contributed by atoms with Crippen LogP contribution >= 0.6 is 0 Å². The number of aryl methyl sites for hydroxylation is 1. The molecule has 0 aliphatic heterocycles. The van der Waals surface area contributed by atoms with E-state index in [1.807, 2.05) is 6.92 Å². The van der Waals surface area contributed by atoms with Crippen molar-refractivity contribution in [3.63, 3.8) is 0 Å². The lowest BCUT2D eigenvalue weighted by Crippen LogP contribution is -2.14. The molecule has 0 spiro atoms. The van der Waals surface area contributed by atoms with Gasteiger partial charge >= 0.3 is 10.1 Å². The molecule has 0 saturated heterocycles. The van der Waals surface area contributed by atoms with Gasteiger partial charge in [0.1, 0.15) is 17.3 Å². The molecular weight excluding hydrogens is 282 g/mol. The molecule has 0 amide bonds. The van der Waals surface area contributed by atoms with E-state index in [0.717, 1.165) is 5.56 Å². The van der Waals surface area contributed by atoms with Gasteiger partial charge in [-0.2, -0.15) is 8.42 Å². The van der Waals surface area contributed by atoms with Crippen LogP contribution in [0.3, 0.4) is 0 Å². The average molecular weight is 303 g/mol. The van der Waals surface area contributed by atoms with Gasteiger partial charge in [-0.15, -0.1) is 0 Å². The maximum absolute atomic E-state index is 11.9. The van der Waals surface area contributed by atoms with Gasteiger partial charge in [0.05, 0.1) is 19.8 Å². The standard InChI is InChI=1S/C13H21NO5S/c1-3-19-20(15,16)13-5-4-11(2)10-12(13)18-9-8-17-7-6-14/h4-5,10H,3,6-9,14H2,1-2H3. The van der Waals surface area contributed by atoms with Crippen molar-refractivity contribution >= 4 is 10.1 Å². The first-order valence-corrected chi connectivity index (χ1v) is 7.82. The number of benzene rings is 1. The fourth-order valence-electron chi connectivity index (χ4n) is 1.55. The van der Waals surface area contributed by atoms with Crippen LogP contribution in [0.25, 0.3) is 0 Å². The first-order chi connectivity index (χ1) is 9.51. The highest BCUT2D eigenvalue weighted by atomic mass is 32.2. The van der Waals surface area contributed by atoms with E-state index in [-0.39, 0.29) is 23.9 Å². The molecule has 0 fully saturated rings. The third kappa shape index (κ3) is 5.09. The van der Waals surface area contributed by atoms with Gasteiger partial charge in [-0.05, 0) is 31.5 Å². The zero-order valence-corrected chi connectivity index (χ0v) is 12.6. The summed E-state index contributed by atoms with van der Waals surface area (Å²) in [5.41, 5.74) is 6.20. The Bertz CT molecular complexity index is 515. The SMILES string of the molecule is CCOS(=O)(=O)c1ccc(C)cc1OCCOCCN. The second kappa shape index (κ2) is 8.21. The lowest BCUT2D eigenvalue weighted by atomic mass is 10.2. The zero-order valence-electron chi connectivity index (χ0n) is 11.8. The Hall–Kier alpha value is -1.15. The van der Waals surface area contributed by atoms with Crippen molar-refractivity contribution in [2.24, 2.45) is 5.73 Å². The first kappa shape index (κ1) is 16.9. The smallest absolute Gasteiger partial charge is 0.300 e.